The van der Waals surface area contributed by atoms with Crippen LogP contribution in [0, 0.1) is 0 Å². The van der Waals surface area contributed by atoms with Crippen LogP contribution in [-0.4, -0.2) is 60.5 Å². The minimum Gasteiger partial charge on any atom is -0.462 e. The highest BCUT2D eigenvalue weighted by Gasteiger charge is 2.26. The summed E-state index contributed by atoms with van der Waals surface area (Å²) in [4.78, 5) is 34.9. The number of carbonyl (C=O) groups is 2. The standard InChI is InChI=1S/C49H88NO9P/c1-3-5-6-7-8-9-10-11-12-13-14-15-16-17-18-23-26-29-32-35-38-41-49(53)59-47(45-58-60(54,55)57-43-42-50)44-56-48(52)40-37-34-31-28-25-22-20-19-21-24-27-30-33-36-39-46(51)4-2/h20-22,24,28,30-31,33,36,39,46-47,51H,3-19,23,25-27,29,32,34-35,37-38,40-45,50H2,1-2H3,(H,54,55)/b22-20-,24-21-,31-28-,33-30-,39-36+/t46-,47+/m0/s1. The number of phosphoric acid groups is 1. The second-order valence-electron chi connectivity index (χ2n) is 15.8. The molecule has 3 atom stereocenters. The van der Waals surface area contributed by atoms with Gasteiger partial charge in [0.1, 0.15) is 6.61 Å². The number of nitrogens with two attached hydrogens (primary N) is 1. The minimum atomic E-state index is -4.40. The molecule has 0 aliphatic carbocycles. The Bertz CT molecular complexity index is 1190. The smallest absolute Gasteiger partial charge is 0.462 e. The van der Waals surface area contributed by atoms with E-state index in [1.165, 1.54) is 109 Å². The van der Waals surface area contributed by atoms with Gasteiger partial charge in [0.2, 0.25) is 0 Å². The van der Waals surface area contributed by atoms with Crippen molar-refractivity contribution in [2.75, 3.05) is 26.4 Å². The highest BCUT2D eigenvalue weighted by Crippen LogP contribution is 2.43. The first-order valence-corrected chi connectivity index (χ1v) is 25.4. The van der Waals surface area contributed by atoms with Crippen molar-refractivity contribution in [2.45, 2.75) is 212 Å². The van der Waals surface area contributed by atoms with Gasteiger partial charge in [-0.05, 0) is 44.9 Å². The number of ether oxygens (including phenoxy) is 2. The molecule has 0 saturated carbocycles. The molecule has 0 rings (SSSR count). The molecule has 11 heteroatoms. The first kappa shape index (κ1) is 57.7. The number of unbranched alkanes of at least 4 members (excludes halogenated alkanes) is 21. The number of hydrogen-bond donors (Lipinski definition) is 3. The molecule has 1 unspecified atom stereocenters. The van der Waals surface area contributed by atoms with E-state index in [1.807, 2.05) is 31.2 Å². The van der Waals surface area contributed by atoms with Crippen molar-refractivity contribution >= 4 is 19.8 Å². The lowest BCUT2D eigenvalue weighted by Gasteiger charge is -2.19. The van der Waals surface area contributed by atoms with Crippen molar-refractivity contribution in [3.05, 3.63) is 60.8 Å². The molecule has 0 heterocycles. The summed E-state index contributed by atoms with van der Waals surface area (Å²) in [5.41, 5.74) is 5.35. The van der Waals surface area contributed by atoms with Crippen LogP contribution in [0.25, 0.3) is 0 Å². The molecule has 60 heavy (non-hydrogen) atoms. The second-order valence-corrected chi connectivity index (χ2v) is 17.3. The summed E-state index contributed by atoms with van der Waals surface area (Å²) in [5, 5.41) is 9.48. The van der Waals surface area contributed by atoms with E-state index in [0.717, 1.165) is 38.5 Å². The van der Waals surface area contributed by atoms with Crippen LogP contribution in [0.15, 0.2) is 60.8 Å². The number of rotatable bonds is 44. The molecule has 0 bridgehead atoms. The Labute approximate surface area is 366 Å². The summed E-state index contributed by atoms with van der Waals surface area (Å²) < 4.78 is 32.8. The number of aliphatic hydroxyl groups is 1. The van der Waals surface area contributed by atoms with E-state index in [2.05, 4.69) is 37.3 Å². The van der Waals surface area contributed by atoms with Crippen molar-refractivity contribution in [2.24, 2.45) is 5.73 Å². The number of hydrogen-bond acceptors (Lipinski definition) is 9. The van der Waals surface area contributed by atoms with Gasteiger partial charge in [-0.25, -0.2) is 4.57 Å². The Kier molecular flexibility index (Phi) is 43.0. The average molecular weight is 866 g/mol. The zero-order chi connectivity index (χ0) is 44.0. The Morgan fingerprint density at radius 2 is 1.05 bits per heavy atom. The maximum Gasteiger partial charge on any atom is 0.472 e. The fraction of sp³-hybridized carbons (Fsp3) is 0.755. The maximum absolute atomic E-state index is 12.6. The van der Waals surface area contributed by atoms with E-state index in [-0.39, 0.29) is 38.7 Å². The summed E-state index contributed by atoms with van der Waals surface area (Å²) in [6.07, 6.45) is 50.7. The summed E-state index contributed by atoms with van der Waals surface area (Å²) in [6, 6.07) is 0. The van der Waals surface area contributed by atoms with E-state index < -0.39 is 32.5 Å². The van der Waals surface area contributed by atoms with Crippen LogP contribution >= 0.6 is 7.82 Å². The van der Waals surface area contributed by atoms with Crippen molar-refractivity contribution in [3.8, 4) is 0 Å². The molecule has 348 valence electrons. The second kappa shape index (κ2) is 44.7. The lowest BCUT2D eigenvalue weighted by molar-refractivity contribution is -0.161. The third-order valence-electron chi connectivity index (χ3n) is 10.1. The average Bonchev–Trinajstić information content (AvgIpc) is 3.24. The van der Waals surface area contributed by atoms with Crippen LogP contribution in [0.2, 0.25) is 0 Å². The van der Waals surface area contributed by atoms with E-state index in [1.54, 1.807) is 6.08 Å². The van der Waals surface area contributed by atoms with Crippen LogP contribution in [0.1, 0.15) is 200 Å². The summed E-state index contributed by atoms with van der Waals surface area (Å²) in [5.74, 6) is -0.912. The molecule has 0 aliphatic heterocycles. The molecule has 0 fully saturated rings. The van der Waals surface area contributed by atoms with Crippen LogP contribution in [0.5, 0.6) is 0 Å². The number of carbonyl (C=O) groups excluding carboxylic acids is 2. The van der Waals surface area contributed by atoms with Crippen molar-refractivity contribution in [1.29, 1.82) is 0 Å². The number of aliphatic hydroxyl groups excluding tert-OH is 1. The van der Waals surface area contributed by atoms with Crippen LogP contribution in [-0.2, 0) is 32.7 Å². The van der Waals surface area contributed by atoms with E-state index in [0.29, 0.717) is 25.7 Å². The topological polar surface area (TPSA) is 155 Å². The molecule has 0 aliphatic rings. The van der Waals surface area contributed by atoms with E-state index in [4.69, 9.17) is 24.3 Å². The van der Waals surface area contributed by atoms with Crippen molar-refractivity contribution in [3.63, 3.8) is 0 Å². The quantitative estimate of drug-likeness (QED) is 0.0177. The third kappa shape index (κ3) is 43.7. The zero-order valence-electron chi connectivity index (χ0n) is 38.0. The molecule has 0 aromatic heterocycles. The predicted octanol–water partition coefficient (Wildman–Crippen LogP) is 13.0. The number of allylic oxidation sites excluding steroid dienone is 9. The molecule has 0 spiro atoms. The van der Waals surface area contributed by atoms with Gasteiger partial charge >= 0.3 is 19.8 Å². The molecule has 0 radical (unpaired) electrons. The molecule has 0 aromatic rings. The fourth-order valence-corrected chi connectivity index (χ4v) is 7.15. The van der Waals surface area contributed by atoms with E-state index >= 15 is 0 Å². The summed E-state index contributed by atoms with van der Waals surface area (Å²) in [6.45, 7) is 3.35. The molecular formula is C49H88NO9P. The summed E-state index contributed by atoms with van der Waals surface area (Å²) in [7, 11) is -4.40. The van der Waals surface area contributed by atoms with E-state index in [9.17, 15) is 24.2 Å². The van der Waals surface area contributed by atoms with Gasteiger partial charge in [0, 0.05) is 19.4 Å². The Morgan fingerprint density at radius 1 is 0.583 bits per heavy atom. The van der Waals surface area contributed by atoms with Gasteiger partial charge in [-0.1, -0.05) is 203 Å². The maximum atomic E-state index is 12.6. The molecule has 4 N–H and O–H groups in total. The molecule has 0 amide bonds. The Balaban J connectivity index is 4.16. The third-order valence-corrected chi connectivity index (χ3v) is 11.1. The highest BCUT2D eigenvalue weighted by atomic mass is 31.2. The molecule has 10 nitrogen and oxygen atoms in total. The van der Waals surface area contributed by atoms with Crippen LogP contribution in [0.3, 0.4) is 0 Å². The normalized spacial score (nSPS) is 14.3. The summed E-state index contributed by atoms with van der Waals surface area (Å²) >= 11 is 0. The zero-order valence-corrected chi connectivity index (χ0v) is 38.9. The minimum absolute atomic E-state index is 0.0391. The lowest BCUT2D eigenvalue weighted by atomic mass is 10.0. The SMILES string of the molecule is CCCCCCCCCCCCCCCCCCCCCCCC(=O)O[C@H](COC(=O)CCC/C=C\C/C=C\C/C=C\C/C=C\C=C\[C@@H](O)CC)COP(=O)(O)OCCN. The van der Waals surface area contributed by atoms with Gasteiger partial charge in [-0.2, -0.15) is 0 Å². The predicted molar refractivity (Wildman–Crippen MR) is 249 cm³/mol. The van der Waals surface area contributed by atoms with Gasteiger partial charge in [-0.15, -0.1) is 0 Å². The Hall–Kier alpha value is -2.33. The van der Waals surface area contributed by atoms with Crippen LogP contribution in [0.4, 0.5) is 0 Å². The number of esters is 2. The first-order valence-electron chi connectivity index (χ1n) is 23.9. The number of phosphoric ester groups is 1. The lowest BCUT2D eigenvalue weighted by Crippen LogP contribution is -2.29. The highest BCUT2D eigenvalue weighted by molar-refractivity contribution is 7.47. The Morgan fingerprint density at radius 3 is 1.55 bits per heavy atom. The van der Waals surface area contributed by atoms with Crippen molar-refractivity contribution < 1.29 is 42.7 Å². The fourth-order valence-electron chi connectivity index (χ4n) is 6.39. The van der Waals surface area contributed by atoms with Crippen LogP contribution < -0.4 is 5.73 Å². The van der Waals surface area contributed by atoms with Gasteiger partial charge < -0.3 is 25.2 Å². The molecule has 0 saturated heterocycles. The monoisotopic (exact) mass is 866 g/mol. The largest absolute Gasteiger partial charge is 0.472 e. The van der Waals surface area contributed by atoms with Gasteiger partial charge in [-0.3, -0.25) is 18.6 Å². The molecular weight excluding hydrogens is 778 g/mol. The van der Waals surface area contributed by atoms with Gasteiger partial charge in [0.15, 0.2) is 6.10 Å². The first-order chi connectivity index (χ1) is 29.2. The van der Waals surface area contributed by atoms with Gasteiger partial charge in [0.25, 0.3) is 0 Å². The van der Waals surface area contributed by atoms with Crippen molar-refractivity contribution in [1.82, 2.24) is 0 Å². The molecule has 0 aromatic carbocycles. The van der Waals surface area contributed by atoms with Gasteiger partial charge in [0.05, 0.1) is 19.3 Å².